The zero-order valence-corrected chi connectivity index (χ0v) is 11.9. The summed E-state index contributed by atoms with van der Waals surface area (Å²) in [5.74, 6) is 0. The van der Waals surface area contributed by atoms with E-state index in [1.165, 1.54) is 0 Å². The van der Waals surface area contributed by atoms with E-state index in [2.05, 4.69) is 32.7 Å². The molecule has 3 nitrogen and oxygen atoms in total. The Bertz CT molecular complexity index is 376. The molecule has 88 valence electrons. The third kappa shape index (κ3) is 2.03. The zero-order chi connectivity index (χ0) is 12.0. The lowest BCUT2D eigenvalue weighted by atomic mass is 9.86. The van der Waals surface area contributed by atoms with Crippen LogP contribution in [0.1, 0.15) is 27.7 Å². The monoisotopic (exact) mass is 257 g/mol. The number of rotatable bonds is 2. The van der Waals surface area contributed by atoms with Crippen molar-refractivity contribution in [1.82, 2.24) is 4.98 Å². The van der Waals surface area contributed by atoms with Crippen molar-refractivity contribution in [2.75, 3.05) is 6.26 Å². The van der Waals surface area contributed by atoms with E-state index in [9.17, 15) is 0 Å². The van der Waals surface area contributed by atoms with Gasteiger partial charge in [-0.25, -0.2) is 4.98 Å². The van der Waals surface area contributed by atoms with Gasteiger partial charge in [-0.15, -0.1) is 11.3 Å². The van der Waals surface area contributed by atoms with Crippen LogP contribution in [-0.2, 0) is 9.31 Å². The molecule has 0 bridgehead atoms. The number of thiazole rings is 1. The first-order chi connectivity index (χ1) is 7.36. The average Bonchev–Trinajstić information content (AvgIpc) is 2.70. The van der Waals surface area contributed by atoms with Gasteiger partial charge < -0.3 is 9.31 Å². The van der Waals surface area contributed by atoms with Gasteiger partial charge in [-0.05, 0) is 34.0 Å². The minimum atomic E-state index is -0.331. The van der Waals surface area contributed by atoms with Gasteiger partial charge >= 0.3 is 7.12 Å². The summed E-state index contributed by atoms with van der Waals surface area (Å²) in [4.78, 5) is 4.47. The van der Waals surface area contributed by atoms with Gasteiger partial charge in [0.25, 0.3) is 0 Å². The molecule has 1 aliphatic rings. The predicted molar refractivity (Wildman–Crippen MR) is 69.6 cm³/mol. The highest BCUT2D eigenvalue weighted by Crippen LogP contribution is 2.36. The van der Waals surface area contributed by atoms with Crippen LogP contribution in [0.5, 0.6) is 0 Å². The van der Waals surface area contributed by atoms with Crippen LogP contribution >= 0.6 is 23.1 Å². The summed E-state index contributed by atoms with van der Waals surface area (Å²) in [6, 6.07) is 0. The summed E-state index contributed by atoms with van der Waals surface area (Å²) in [6.45, 7) is 8.20. The van der Waals surface area contributed by atoms with Crippen molar-refractivity contribution in [2.24, 2.45) is 0 Å². The van der Waals surface area contributed by atoms with Gasteiger partial charge in [0.1, 0.15) is 4.34 Å². The Balaban J connectivity index is 2.20. The summed E-state index contributed by atoms with van der Waals surface area (Å²) in [5.41, 5.74) is 0.301. The van der Waals surface area contributed by atoms with Gasteiger partial charge in [0.2, 0.25) is 0 Å². The van der Waals surface area contributed by atoms with Gasteiger partial charge in [-0.2, -0.15) is 0 Å². The Hall–Kier alpha value is -0.0351. The van der Waals surface area contributed by atoms with Crippen molar-refractivity contribution < 1.29 is 9.31 Å². The SMILES string of the molecule is CSc1nc(B2OC(C)(C)C(C)(C)O2)cs1. The number of thioether (sulfide) groups is 1. The van der Waals surface area contributed by atoms with Crippen LogP contribution in [0.15, 0.2) is 9.72 Å². The highest BCUT2D eigenvalue weighted by Gasteiger charge is 2.52. The summed E-state index contributed by atoms with van der Waals surface area (Å²) < 4.78 is 12.9. The smallest absolute Gasteiger partial charge is 0.398 e. The summed E-state index contributed by atoms with van der Waals surface area (Å²) in [6.07, 6.45) is 2.02. The fourth-order valence-electron chi connectivity index (χ4n) is 1.43. The molecule has 1 saturated heterocycles. The molecule has 0 atom stereocenters. The average molecular weight is 257 g/mol. The first-order valence-corrected chi connectivity index (χ1v) is 7.31. The van der Waals surface area contributed by atoms with E-state index in [0.29, 0.717) is 0 Å². The van der Waals surface area contributed by atoms with Crippen LogP contribution < -0.4 is 5.59 Å². The van der Waals surface area contributed by atoms with E-state index >= 15 is 0 Å². The van der Waals surface area contributed by atoms with Gasteiger partial charge in [0.05, 0.1) is 16.8 Å². The van der Waals surface area contributed by atoms with Crippen molar-refractivity contribution >= 4 is 35.8 Å². The molecule has 0 saturated carbocycles. The molecule has 0 aliphatic carbocycles. The molecule has 0 N–H and O–H groups in total. The van der Waals surface area contributed by atoms with Crippen LogP contribution in [0.3, 0.4) is 0 Å². The fraction of sp³-hybridized carbons (Fsp3) is 0.700. The minimum absolute atomic E-state index is 0.291. The van der Waals surface area contributed by atoms with Crippen molar-refractivity contribution in [3.63, 3.8) is 0 Å². The highest BCUT2D eigenvalue weighted by molar-refractivity contribution is 8.00. The predicted octanol–water partition coefficient (Wildman–Crippen LogP) is 2.16. The molecular formula is C10H16BNO2S2. The maximum atomic E-state index is 5.92. The molecule has 1 aromatic heterocycles. The van der Waals surface area contributed by atoms with Gasteiger partial charge in [-0.1, -0.05) is 11.8 Å². The number of nitrogens with zero attached hydrogens (tertiary/aromatic N) is 1. The van der Waals surface area contributed by atoms with E-state index < -0.39 is 0 Å². The first kappa shape index (κ1) is 12.4. The largest absolute Gasteiger partial charge is 0.515 e. The Morgan fingerprint density at radius 2 is 1.81 bits per heavy atom. The Morgan fingerprint density at radius 1 is 1.25 bits per heavy atom. The first-order valence-electron chi connectivity index (χ1n) is 5.21. The second-order valence-electron chi connectivity index (χ2n) is 4.83. The standard InChI is InChI=1S/C10H16BNO2S2/c1-9(2)10(3,4)14-11(13-9)7-6-16-8(12-7)15-5/h6H,1-5H3. The normalized spacial score (nSPS) is 22.7. The number of aromatic nitrogens is 1. The second-order valence-corrected chi connectivity index (χ2v) is 6.74. The molecule has 1 aromatic rings. The molecular weight excluding hydrogens is 241 g/mol. The van der Waals surface area contributed by atoms with Crippen LogP contribution in [-0.4, -0.2) is 29.6 Å². The fourth-order valence-corrected chi connectivity index (χ4v) is 2.70. The summed E-state index contributed by atoms with van der Waals surface area (Å²) in [5, 5.41) is 2.01. The van der Waals surface area contributed by atoms with Crippen LogP contribution in [0.4, 0.5) is 0 Å². The van der Waals surface area contributed by atoms with Crippen molar-refractivity contribution in [1.29, 1.82) is 0 Å². The number of hydrogen-bond donors (Lipinski definition) is 0. The Labute approximate surface area is 105 Å². The zero-order valence-electron chi connectivity index (χ0n) is 10.2. The van der Waals surface area contributed by atoms with Gasteiger partial charge in [0, 0.05) is 5.38 Å². The molecule has 1 fully saturated rings. The maximum absolute atomic E-state index is 5.92. The highest BCUT2D eigenvalue weighted by atomic mass is 32.2. The molecule has 0 amide bonds. The number of hydrogen-bond acceptors (Lipinski definition) is 5. The lowest BCUT2D eigenvalue weighted by Gasteiger charge is -2.32. The lowest BCUT2D eigenvalue weighted by Crippen LogP contribution is -2.41. The van der Waals surface area contributed by atoms with Crippen molar-refractivity contribution in [2.45, 2.75) is 43.2 Å². The van der Waals surface area contributed by atoms with Crippen molar-refractivity contribution in [3.8, 4) is 0 Å². The van der Waals surface area contributed by atoms with Crippen LogP contribution in [0.25, 0.3) is 0 Å². The maximum Gasteiger partial charge on any atom is 0.515 e. The molecule has 1 aliphatic heterocycles. The lowest BCUT2D eigenvalue weighted by molar-refractivity contribution is 0.00578. The summed E-state index contributed by atoms with van der Waals surface area (Å²) >= 11 is 3.27. The topological polar surface area (TPSA) is 31.4 Å². The third-order valence-corrected chi connectivity index (χ3v) is 5.05. The van der Waals surface area contributed by atoms with Gasteiger partial charge in [0.15, 0.2) is 0 Å². The van der Waals surface area contributed by atoms with E-state index in [4.69, 9.17) is 9.31 Å². The quantitative estimate of drug-likeness (QED) is 0.600. The molecule has 2 rings (SSSR count). The summed E-state index contributed by atoms with van der Waals surface area (Å²) in [7, 11) is -0.331. The minimum Gasteiger partial charge on any atom is -0.398 e. The molecule has 6 heteroatoms. The van der Waals surface area contributed by atoms with Crippen LogP contribution in [0, 0.1) is 0 Å². The molecule has 0 aromatic carbocycles. The molecule has 0 spiro atoms. The van der Waals surface area contributed by atoms with E-state index in [0.717, 1.165) is 9.93 Å². The molecule has 2 heterocycles. The molecule has 0 radical (unpaired) electrons. The Morgan fingerprint density at radius 3 is 2.25 bits per heavy atom. The van der Waals surface area contributed by atoms with Crippen LogP contribution in [0.2, 0.25) is 0 Å². The molecule has 0 unspecified atom stereocenters. The molecule has 16 heavy (non-hydrogen) atoms. The Kier molecular flexibility index (Phi) is 3.12. The van der Waals surface area contributed by atoms with Crippen molar-refractivity contribution in [3.05, 3.63) is 5.38 Å². The second kappa shape index (κ2) is 4.01. The van der Waals surface area contributed by atoms with E-state index in [1.807, 2.05) is 11.6 Å². The van der Waals surface area contributed by atoms with Gasteiger partial charge in [-0.3, -0.25) is 0 Å². The van der Waals surface area contributed by atoms with E-state index in [1.54, 1.807) is 23.1 Å². The third-order valence-electron chi connectivity index (χ3n) is 3.17. The van der Waals surface area contributed by atoms with E-state index in [-0.39, 0.29) is 18.3 Å².